The summed E-state index contributed by atoms with van der Waals surface area (Å²) in [6, 6.07) is 1.89. The molecule has 1 amide bonds. The molecule has 2 aromatic rings. The predicted octanol–water partition coefficient (Wildman–Crippen LogP) is 2.83. The average Bonchev–Trinajstić information content (AvgIpc) is 2.70. The summed E-state index contributed by atoms with van der Waals surface area (Å²) in [5.41, 5.74) is 3.55. The summed E-state index contributed by atoms with van der Waals surface area (Å²) in [6.45, 7) is 1.50. The van der Waals surface area contributed by atoms with Gasteiger partial charge in [0.2, 0.25) is 5.91 Å². The number of nitrogens with one attached hydrogen (secondary N) is 1. The maximum atomic E-state index is 10.9. The second kappa shape index (κ2) is 3.89. The number of amides is 1. The Morgan fingerprint density at radius 2 is 2.43 bits per heavy atom. The molecule has 0 fully saturated rings. The van der Waals surface area contributed by atoms with E-state index in [0.717, 1.165) is 16.3 Å². The van der Waals surface area contributed by atoms with Gasteiger partial charge in [-0.05, 0) is 11.4 Å². The Labute approximate surface area is 89.4 Å². The fourth-order valence-electron chi connectivity index (χ4n) is 1.12. The molecule has 2 rings (SSSR count). The monoisotopic (exact) mass is 224 g/mol. The van der Waals surface area contributed by atoms with E-state index in [9.17, 15) is 4.79 Å². The molecule has 2 aromatic heterocycles. The number of hydrogen-bond donors (Lipinski definition) is 1. The first-order valence-corrected chi connectivity index (χ1v) is 5.83. The maximum Gasteiger partial charge on any atom is 0.221 e. The van der Waals surface area contributed by atoms with Gasteiger partial charge in [0.15, 0.2) is 0 Å². The molecule has 0 aromatic carbocycles. The highest BCUT2D eigenvalue weighted by atomic mass is 32.1. The number of aromatic nitrogens is 1. The molecule has 0 spiro atoms. The molecule has 0 aliphatic carbocycles. The molecule has 3 nitrogen and oxygen atoms in total. The fraction of sp³-hybridized carbons (Fsp3) is 0.111. The van der Waals surface area contributed by atoms with E-state index in [1.807, 2.05) is 16.8 Å². The van der Waals surface area contributed by atoms with Gasteiger partial charge in [0.1, 0.15) is 0 Å². The van der Waals surface area contributed by atoms with Gasteiger partial charge in [-0.15, -0.1) is 22.7 Å². The zero-order valence-corrected chi connectivity index (χ0v) is 9.11. The van der Waals surface area contributed by atoms with Crippen LogP contribution in [0.1, 0.15) is 6.92 Å². The highest BCUT2D eigenvalue weighted by Gasteiger charge is 2.09. The summed E-state index contributed by atoms with van der Waals surface area (Å²) >= 11 is 3.13. The lowest BCUT2D eigenvalue weighted by atomic mass is 10.3. The van der Waals surface area contributed by atoms with Crippen molar-refractivity contribution in [1.82, 2.24) is 4.98 Å². The van der Waals surface area contributed by atoms with Crippen molar-refractivity contribution in [1.29, 1.82) is 0 Å². The fourth-order valence-corrected chi connectivity index (χ4v) is 2.56. The average molecular weight is 224 g/mol. The van der Waals surface area contributed by atoms with Gasteiger partial charge in [0, 0.05) is 12.3 Å². The highest BCUT2D eigenvalue weighted by molar-refractivity contribution is 7.14. The third-order valence-corrected chi connectivity index (χ3v) is 3.16. The van der Waals surface area contributed by atoms with Crippen molar-refractivity contribution in [2.45, 2.75) is 6.92 Å². The number of thiophene rings is 1. The van der Waals surface area contributed by atoms with Gasteiger partial charge in [0.05, 0.1) is 21.8 Å². The summed E-state index contributed by atoms with van der Waals surface area (Å²) in [5, 5.41) is 6.69. The molecule has 0 bridgehead atoms. The van der Waals surface area contributed by atoms with Crippen LogP contribution in [0.4, 0.5) is 5.69 Å². The van der Waals surface area contributed by atoms with Crippen LogP contribution in [0.25, 0.3) is 10.6 Å². The summed E-state index contributed by atoms with van der Waals surface area (Å²) in [7, 11) is 0. The minimum absolute atomic E-state index is 0.0557. The van der Waals surface area contributed by atoms with Gasteiger partial charge in [-0.1, -0.05) is 0 Å². The lowest BCUT2D eigenvalue weighted by Gasteiger charge is -2.00. The second-order valence-electron chi connectivity index (χ2n) is 2.72. The molecule has 0 radical (unpaired) electrons. The molecule has 0 aliphatic rings. The topological polar surface area (TPSA) is 42.0 Å². The number of carbonyl (C=O) groups excluding carboxylic acids is 1. The molecule has 0 saturated heterocycles. The summed E-state index contributed by atoms with van der Waals surface area (Å²) in [4.78, 5) is 16.1. The van der Waals surface area contributed by atoms with E-state index in [2.05, 4.69) is 10.3 Å². The molecule has 2 heterocycles. The SMILES string of the molecule is CC(=O)Nc1ccsc1-c1cscn1. The summed E-state index contributed by atoms with van der Waals surface area (Å²) in [6.07, 6.45) is 0. The van der Waals surface area contributed by atoms with Crippen molar-refractivity contribution in [3.05, 3.63) is 22.3 Å². The number of carbonyl (C=O) groups is 1. The first-order chi connectivity index (χ1) is 6.77. The highest BCUT2D eigenvalue weighted by Crippen LogP contribution is 2.33. The van der Waals surface area contributed by atoms with Gasteiger partial charge in [-0.2, -0.15) is 0 Å². The van der Waals surface area contributed by atoms with Crippen molar-refractivity contribution in [2.24, 2.45) is 0 Å². The van der Waals surface area contributed by atoms with Crippen molar-refractivity contribution in [2.75, 3.05) is 5.32 Å². The molecule has 0 atom stereocenters. The van der Waals surface area contributed by atoms with E-state index in [4.69, 9.17) is 0 Å². The Balaban J connectivity index is 2.35. The van der Waals surface area contributed by atoms with Crippen molar-refractivity contribution in [3.63, 3.8) is 0 Å². The van der Waals surface area contributed by atoms with Crippen LogP contribution in [0.15, 0.2) is 22.3 Å². The Morgan fingerprint density at radius 1 is 1.57 bits per heavy atom. The maximum absolute atomic E-state index is 10.9. The largest absolute Gasteiger partial charge is 0.325 e. The second-order valence-corrected chi connectivity index (χ2v) is 4.35. The molecule has 0 aliphatic heterocycles. The summed E-state index contributed by atoms with van der Waals surface area (Å²) in [5.74, 6) is -0.0557. The molecule has 5 heteroatoms. The van der Waals surface area contributed by atoms with Crippen LogP contribution in [0, 0.1) is 0 Å². The van der Waals surface area contributed by atoms with Gasteiger partial charge in [0.25, 0.3) is 0 Å². The zero-order valence-electron chi connectivity index (χ0n) is 7.48. The van der Waals surface area contributed by atoms with Crippen molar-refractivity contribution >= 4 is 34.3 Å². The Kier molecular flexibility index (Phi) is 2.60. The van der Waals surface area contributed by atoms with E-state index in [0.29, 0.717) is 0 Å². The first kappa shape index (κ1) is 9.36. The number of anilines is 1. The van der Waals surface area contributed by atoms with Gasteiger partial charge < -0.3 is 5.32 Å². The smallest absolute Gasteiger partial charge is 0.221 e. The third-order valence-electron chi connectivity index (χ3n) is 1.64. The molecule has 1 N–H and O–H groups in total. The van der Waals surface area contributed by atoms with Gasteiger partial charge in [-0.3, -0.25) is 4.79 Å². The molecule has 0 unspecified atom stereocenters. The number of hydrogen-bond acceptors (Lipinski definition) is 4. The normalized spacial score (nSPS) is 10.1. The molecule has 0 saturated carbocycles. The van der Waals surface area contributed by atoms with Crippen LogP contribution in [0.3, 0.4) is 0 Å². The standard InChI is InChI=1S/C9H8N2OS2/c1-6(12)11-7-2-3-14-9(7)8-4-13-5-10-8/h2-5H,1H3,(H,11,12). The molecular formula is C9H8N2OS2. The van der Waals surface area contributed by atoms with Crippen LogP contribution < -0.4 is 5.32 Å². The van der Waals surface area contributed by atoms with Gasteiger partial charge >= 0.3 is 0 Å². The minimum Gasteiger partial charge on any atom is -0.325 e. The zero-order chi connectivity index (χ0) is 9.97. The van der Waals surface area contributed by atoms with E-state index < -0.39 is 0 Å². The number of thiazole rings is 1. The lowest BCUT2D eigenvalue weighted by Crippen LogP contribution is -2.05. The van der Waals surface area contributed by atoms with Crippen LogP contribution in [0.2, 0.25) is 0 Å². The van der Waals surface area contributed by atoms with Crippen molar-refractivity contribution in [3.8, 4) is 10.6 Å². The molecule has 14 heavy (non-hydrogen) atoms. The van der Waals surface area contributed by atoms with E-state index >= 15 is 0 Å². The Hall–Kier alpha value is -1.20. The Bertz CT molecular complexity index is 433. The summed E-state index contributed by atoms with van der Waals surface area (Å²) < 4.78 is 0. The van der Waals surface area contributed by atoms with Crippen LogP contribution in [-0.2, 0) is 4.79 Å². The predicted molar refractivity (Wildman–Crippen MR) is 59.7 cm³/mol. The quantitative estimate of drug-likeness (QED) is 0.852. The number of nitrogens with zero attached hydrogens (tertiary/aromatic N) is 1. The van der Waals surface area contributed by atoms with Crippen molar-refractivity contribution < 1.29 is 4.79 Å². The van der Waals surface area contributed by atoms with Crippen LogP contribution in [0.5, 0.6) is 0 Å². The van der Waals surface area contributed by atoms with E-state index in [1.165, 1.54) is 6.92 Å². The van der Waals surface area contributed by atoms with Crippen LogP contribution >= 0.6 is 22.7 Å². The van der Waals surface area contributed by atoms with Gasteiger partial charge in [-0.25, -0.2) is 4.98 Å². The minimum atomic E-state index is -0.0557. The van der Waals surface area contributed by atoms with E-state index in [1.54, 1.807) is 28.2 Å². The Morgan fingerprint density at radius 3 is 3.07 bits per heavy atom. The lowest BCUT2D eigenvalue weighted by molar-refractivity contribution is -0.114. The first-order valence-electron chi connectivity index (χ1n) is 4.01. The van der Waals surface area contributed by atoms with E-state index in [-0.39, 0.29) is 5.91 Å². The molecule has 72 valence electrons. The third kappa shape index (κ3) is 1.83. The van der Waals surface area contributed by atoms with Crippen LogP contribution in [-0.4, -0.2) is 10.9 Å². The number of rotatable bonds is 2. The molecular weight excluding hydrogens is 216 g/mol.